The highest BCUT2D eigenvalue weighted by Gasteiger charge is 2.10. The van der Waals surface area contributed by atoms with Crippen LogP contribution in [-0.2, 0) is 0 Å². The van der Waals surface area contributed by atoms with E-state index in [1.807, 2.05) is 0 Å². The maximum atomic E-state index is 12.6. The topological polar surface area (TPSA) is 69.1 Å². The molecule has 0 aliphatic carbocycles. The Bertz CT molecular complexity index is 313. The number of carbonyl (C=O) groups excluding carboxylic acids is 1. The van der Waals surface area contributed by atoms with Crippen molar-refractivity contribution >= 4 is 17.2 Å². The highest BCUT2D eigenvalue weighted by molar-refractivity contribution is 6.03. The summed E-state index contributed by atoms with van der Waals surface area (Å²) in [6, 6.07) is 2.15. The molecule has 0 bridgehead atoms. The number of benzene rings is 1. The van der Waals surface area contributed by atoms with E-state index in [1.165, 1.54) is 6.92 Å². The van der Waals surface area contributed by atoms with Crippen LogP contribution >= 0.6 is 0 Å². The van der Waals surface area contributed by atoms with Crippen molar-refractivity contribution in [2.24, 2.45) is 0 Å². The number of anilines is 2. The normalized spacial score (nSPS) is 9.83. The second kappa shape index (κ2) is 2.81. The molecule has 64 valence electrons. The Kier molecular flexibility index (Phi) is 1.99. The van der Waals surface area contributed by atoms with Crippen molar-refractivity contribution in [3.63, 3.8) is 0 Å². The lowest BCUT2D eigenvalue weighted by molar-refractivity contribution is 0.101. The van der Waals surface area contributed by atoms with Crippen molar-refractivity contribution in [2.45, 2.75) is 6.92 Å². The minimum absolute atomic E-state index is 0.0833. The van der Waals surface area contributed by atoms with Crippen molar-refractivity contribution in [2.75, 3.05) is 11.5 Å². The molecule has 0 amide bonds. The van der Waals surface area contributed by atoms with Crippen LogP contribution in [0.25, 0.3) is 0 Å². The van der Waals surface area contributed by atoms with E-state index in [2.05, 4.69) is 0 Å². The van der Waals surface area contributed by atoms with Gasteiger partial charge in [-0.3, -0.25) is 4.79 Å². The Morgan fingerprint density at radius 1 is 1.33 bits per heavy atom. The van der Waals surface area contributed by atoms with Crippen molar-refractivity contribution < 1.29 is 9.18 Å². The smallest absolute Gasteiger partial charge is 0.163 e. The average molecular weight is 168 g/mol. The third kappa shape index (κ3) is 1.37. The second-order valence-electron chi connectivity index (χ2n) is 2.52. The van der Waals surface area contributed by atoms with Crippen LogP contribution in [0.15, 0.2) is 12.1 Å². The molecule has 0 fully saturated rings. The lowest BCUT2D eigenvalue weighted by atomic mass is 10.1. The van der Waals surface area contributed by atoms with Crippen molar-refractivity contribution in [1.82, 2.24) is 0 Å². The number of rotatable bonds is 1. The van der Waals surface area contributed by atoms with Gasteiger partial charge in [-0.05, 0) is 19.1 Å². The molecule has 0 aliphatic rings. The number of ketones is 1. The summed E-state index contributed by atoms with van der Waals surface area (Å²) >= 11 is 0. The number of hydrogen-bond acceptors (Lipinski definition) is 3. The summed E-state index contributed by atoms with van der Waals surface area (Å²) in [6.07, 6.45) is 0. The summed E-state index contributed by atoms with van der Waals surface area (Å²) in [5.41, 5.74) is 11.1. The zero-order valence-corrected chi connectivity index (χ0v) is 6.60. The first kappa shape index (κ1) is 8.52. The van der Waals surface area contributed by atoms with Gasteiger partial charge < -0.3 is 11.5 Å². The number of halogens is 1. The third-order valence-corrected chi connectivity index (χ3v) is 1.52. The molecule has 0 aromatic heterocycles. The van der Waals surface area contributed by atoms with Crippen LogP contribution in [-0.4, -0.2) is 5.78 Å². The standard InChI is InChI=1S/C8H9FN2O/c1-4(12)8-6(10)2-5(9)3-7(8)11/h2-3H,10-11H2,1H3. The van der Waals surface area contributed by atoms with Crippen LogP contribution in [0, 0.1) is 5.82 Å². The lowest BCUT2D eigenvalue weighted by Gasteiger charge is -2.04. The molecule has 0 radical (unpaired) electrons. The Hall–Kier alpha value is -1.58. The zero-order valence-electron chi connectivity index (χ0n) is 6.60. The van der Waals surface area contributed by atoms with E-state index >= 15 is 0 Å². The molecule has 3 nitrogen and oxygen atoms in total. The fourth-order valence-electron chi connectivity index (χ4n) is 1.06. The summed E-state index contributed by atoms with van der Waals surface area (Å²) in [5, 5.41) is 0. The number of Topliss-reactive ketones (excluding diaryl/α,β-unsaturated/α-hetero) is 1. The summed E-state index contributed by atoms with van der Waals surface area (Å²) < 4.78 is 12.6. The molecule has 4 heteroatoms. The molecule has 0 unspecified atom stereocenters. The van der Waals surface area contributed by atoms with E-state index in [-0.39, 0.29) is 22.7 Å². The summed E-state index contributed by atoms with van der Waals surface area (Å²) in [4.78, 5) is 10.9. The molecular formula is C8H9FN2O. The number of nitrogen functional groups attached to an aromatic ring is 2. The van der Waals surface area contributed by atoms with Gasteiger partial charge in [-0.1, -0.05) is 0 Å². The number of nitrogens with two attached hydrogens (primary N) is 2. The van der Waals surface area contributed by atoms with E-state index in [9.17, 15) is 9.18 Å². The number of carbonyl (C=O) groups is 1. The van der Waals surface area contributed by atoms with Crippen LogP contribution in [0.4, 0.5) is 15.8 Å². The molecule has 1 aromatic carbocycles. The molecular weight excluding hydrogens is 159 g/mol. The van der Waals surface area contributed by atoms with E-state index in [1.54, 1.807) is 0 Å². The highest BCUT2D eigenvalue weighted by atomic mass is 19.1. The second-order valence-corrected chi connectivity index (χ2v) is 2.52. The van der Waals surface area contributed by atoms with Gasteiger partial charge in [0.25, 0.3) is 0 Å². The van der Waals surface area contributed by atoms with Crippen LogP contribution in [0.2, 0.25) is 0 Å². The largest absolute Gasteiger partial charge is 0.398 e. The Morgan fingerprint density at radius 3 is 2.08 bits per heavy atom. The average Bonchev–Trinajstić information content (AvgIpc) is 1.82. The zero-order chi connectivity index (χ0) is 9.30. The molecule has 0 saturated heterocycles. The third-order valence-electron chi connectivity index (χ3n) is 1.52. The van der Waals surface area contributed by atoms with E-state index in [0.29, 0.717) is 0 Å². The van der Waals surface area contributed by atoms with Crippen LogP contribution in [0.1, 0.15) is 17.3 Å². The molecule has 4 N–H and O–H groups in total. The predicted molar refractivity (Wildman–Crippen MR) is 45.2 cm³/mol. The minimum Gasteiger partial charge on any atom is -0.398 e. The summed E-state index contributed by atoms with van der Waals surface area (Å²) in [5.74, 6) is -0.792. The fraction of sp³-hybridized carbons (Fsp3) is 0.125. The number of hydrogen-bond donors (Lipinski definition) is 2. The molecule has 0 atom stereocenters. The molecule has 1 aromatic rings. The first-order chi connectivity index (χ1) is 5.52. The molecule has 0 heterocycles. The predicted octanol–water partition coefficient (Wildman–Crippen LogP) is 1.19. The van der Waals surface area contributed by atoms with Crippen LogP contribution in [0.3, 0.4) is 0 Å². The minimum atomic E-state index is -0.532. The lowest BCUT2D eigenvalue weighted by Crippen LogP contribution is -2.05. The molecule has 0 spiro atoms. The van der Waals surface area contributed by atoms with Crippen LogP contribution in [0.5, 0.6) is 0 Å². The van der Waals surface area contributed by atoms with Gasteiger partial charge in [-0.2, -0.15) is 0 Å². The van der Waals surface area contributed by atoms with Gasteiger partial charge in [0.15, 0.2) is 5.78 Å². The van der Waals surface area contributed by atoms with Gasteiger partial charge >= 0.3 is 0 Å². The quantitative estimate of drug-likeness (QED) is 0.489. The Morgan fingerprint density at radius 2 is 1.75 bits per heavy atom. The van der Waals surface area contributed by atoms with Gasteiger partial charge in [0.1, 0.15) is 5.82 Å². The van der Waals surface area contributed by atoms with Gasteiger partial charge in [-0.15, -0.1) is 0 Å². The molecule has 12 heavy (non-hydrogen) atoms. The highest BCUT2D eigenvalue weighted by Crippen LogP contribution is 2.21. The molecule has 1 rings (SSSR count). The molecule has 0 aliphatic heterocycles. The van der Waals surface area contributed by atoms with Gasteiger partial charge in [0.2, 0.25) is 0 Å². The Balaban J connectivity index is 3.38. The van der Waals surface area contributed by atoms with Gasteiger partial charge in [0, 0.05) is 11.4 Å². The monoisotopic (exact) mass is 168 g/mol. The van der Waals surface area contributed by atoms with Gasteiger partial charge in [0.05, 0.1) is 5.56 Å². The summed E-state index contributed by atoms with van der Waals surface area (Å²) in [7, 11) is 0. The van der Waals surface area contributed by atoms with E-state index < -0.39 is 5.82 Å². The summed E-state index contributed by atoms with van der Waals surface area (Å²) in [6.45, 7) is 1.33. The molecule has 0 saturated carbocycles. The SMILES string of the molecule is CC(=O)c1c(N)cc(F)cc1N. The first-order valence-electron chi connectivity index (χ1n) is 3.38. The first-order valence-corrected chi connectivity index (χ1v) is 3.38. The van der Waals surface area contributed by atoms with Crippen LogP contribution < -0.4 is 11.5 Å². The van der Waals surface area contributed by atoms with Crippen molar-refractivity contribution in [1.29, 1.82) is 0 Å². The van der Waals surface area contributed by atoms with E-state index in [0.717, 1.165) is 12.1 Å². The van der Waals surface area contributed by atoms with Crippen molar-refractivity contribution in [3.05, 3.63) is 23.5 Å². The fourth-order valence-corrected chi connectivity index (χ4v) is 1.06. The Labute approximate surface area is 69.2 Å². The van der Waals surface area contributed by atoms with E-state index in [4.69, 9.17) is 11.5 Å². The van der Waals surface area contributed by atoms with Gasteiger partial charge in [-0.25, -0.2) is 4.39 Å². The maximum Gasteiger partial charge on any atom is 0.163 e. The maximum absolute atomic E-state index is 12.6. The van der Waals surface area contributed by atoms with Crippen molar-refractivity contribution in [3.8, 4) is 0 Å².